The lowest BCUT2D eigenvalue weighted by atomic mass is 10.1. The molecule has 9 heteroatoms. The molecule has 2 unspecified atom stereocenters. The molecule has 0 saturated carbocycles. The number of nitrogens with zero attached hydrogens (tertiary/aromatic N) is 1. The summed E-state index contributed by atoms with van der Waals surface area (Å²) in [6.07, 6.45) is -4.77. The van der Waals surface area contributed by atoms with Crippen LogP contribution in [0.15, 0.2) is 48.5 Å². The lowest BCUT2D eigenvalue weighted by Gasteiger charge is -2.20. The molecule has 0 radical (unpaired) electrons. The van der Waals surface area contributed by atoms with Gasteiger partial charge in [-0.25, -0.2) is 9.59 Å². The smallest absolute Gasteiger partial charge is 0.416 e. The molecule has 32 heavy (non-hydrogen) atoms. The normalized spacial score (nSPS) is 19.0. The Labute approximate surface area is 183 Å². The van der Waals surface area contributed by atoms with Crippen LogP contribution in [0, 0.1) is 0 Å². The van der Waals surface area contributed by atoms with E-state index in [0.717, 1.165) is 17.7 Å². The summed E-state index contributed by atoms with van der Waals surface area (Å²) >= 11 is 0. The van der Waals surface area contributed by atoms with Crippen molar-refractivity contribution in [3.63, 3.8) is 0 Å². The summed E-state index contributed by atoms with van der Waals surface area (Å²) in [4.78, 5) is 25.5. The van der Waals surface area contributed by atoms with E-state index in [9.17, 15) is 22.8 Å². The number of hydrogen-bond acceptors (Lipinski definition) is 6. The highest BCUT2D eigenvalue weighted by Crippen LogP contribution is 2.34. The molecule has 2 aromatic rings. The highest BCUT2D eigenvalue weighted by molar-refractivity contribution is 5.89. The van der Waals surface area contributed by atoms with Crippen LogP contribution < -0.4 is 0 Å². The third-order valence-corrected chi connectivity index (χ3v) is 5.30. The van der Waals surface area contributed by atoms with Crippen LogP contribution in [0.5, 0.6) is 0 Å². The Bertz CT molecular complexity index is 945. The number of methoxy groups -OCH3 is 2. The van der Waals surface area contributed by atoms with E-state index < -0.39 is 36.0 Å². The molecular weight excluding hydrogens is 427 g/mol. The van der Waals surface area contributed by atoms with E-state index in [-0.39, 0.29) is 6.54 Å². The van der Waals surface area contributed by atoms with Gasteiger partial charge in [0.05, 0.1) is 31.5 Å². The predicted octanol–water partition coefficient (Wildman–Crippen LogP) is 4.00. The van der Waals surface area contributed by atoms with Gasteiger partial charge in [0.25, 0.3) is 0 Å². The Balaban J connectivity index is 1.65. The Kier molecular flexibility index (Phi) is 7.52. The van der Waals surface area contributed by atoms with Gasteiger partial charge < -0.3 is 14.2 Å². The standard InChI is InChI=1S/C23H24F3NO5/c1-30-21(28)16-10-8-15(9-11-16)5-4-12-27-14-19(32-20(27)22(29)31-2)17-6-3-7-18(13-17)23(24,25)26/h3,6-11,13,19-20H,4-5,12,14H2,1-2H3. The molecule has 0 amide bonds. The van der Waals surface area contributed by atoms with Crippen LogP contribution >= 0.6 is 0 Å². The number of hydrogen-bond donors (Lipinski definition) is 0. The van der Waals surface area contributed by atoms with Crippen molar-refractivity contribution in [1.82, 2.24) is 4.90 Å². The second-order valence-electron chi connectivity index (χ2n) is 7.41. The Morgan fingerprint density at radius 1 is 1.09 bits per heavy atom. The van der Waals surface area contributed by atoms with Gasteiger partial charge in [0.1, 0.15) is 0 Å². The number of halogens is 3. The maximum absolute atomic E-state index is 13.1. The third kappa shape index (κ3) is 5.66. The predicted molar refractivity (Wildman–Crippen MR) is 109 cm³/mol. The Morgan fingerprint density at radius 3 is 2.44 bits per heavy atom. The van der Waals surface area contributed by atoms with E-state index in [2.05, 4.69) is 4.74 Å². The molecular formula is C23H24F3NO5. The van der Waals surface area contributed by atoms with Crippen molar-refractivity contribution in [3.8, 4) is 0 Å². The molecule has 1 saturated heterocycles. The van der Waals surface area contributed by atoms with Crippen LogP contribution in [0.2, 0.25) is 0 Å². The fraction of sp³-hybridized carbons (Fsp3) is 0.391. The lowest BCUT2D eigenvalue weighted by Crippen LogP contribution is -2.38. The van der Waals surface area contributed by atoms with E-state index in [1.165, 1.54) is 20.3 Å². The zero-order valence-electron chi connectivity index (χ0n) is 17.7. The third-order valence-electron chi connectivity index (χ3n) is 5.30. The molecule has 0 aromatic heterocycles. The Hall–Kier alpha value is -2.91. The first kappa shape index (κ1) is 23.7. The lowest BCUT2D eigenvalue weighted by molar-refractivity contribution is -0.160. The monoisotopic (exact) mass is 451 g/mol. The van der Waals surface area contributed by atoms with Crippen molar-refractivity contribution >= 4 is 11.9 Å². The molecule has 6 nitrogen and oxygen atoms in total. The summed E-state index contributed by atoms with van der Waals surface area (Å²) in [6, 6.07) is 12.0. The summed E-state index contributed by atoms with van der Waals surface area (Å²) in [5, 5.41) is 0. The molecule has 1 fully saturated rings. The number of esters is 2. The molecule has 1 heterocycles. The summed E-state index contributed by atoms with van der Waals surface area (Å²) in [7, 11) is 2.56. The van der Waals surface area contributed by atoms with Gasteiger partial charge in [0, 0.05) is 13.1 Å². The highest BCUT2D eigenvalue weighted by atomic mass is 19.4. The van der Waals surface area contributed by atoms with E-state index in [1.807, 2.05) is 12.1 Å². The summed E-state index contributed by atoms with van der Waals surface area (Å²) in [6.45, 7) is 0.746. The number of alkyl halides is 3. The molecule has 2 atom stereocenters. The minimum absolute atomic E-state index is 0.266. The fourth-order valence-corrected chi connectivity index (χ4v) is 3.62. The van der Waals surface area contributed by atoms with Crippen LogP contribution in [0.25, 0.3) is 0 Å². The summed E-state index contributed by atoms with van der Waals surface area (Å²) < 4.78 is 54.4. The van der Waals surface area contributed by atoms with Crippen molar-refractivity contribution in [1.29, 1.82) is 0 Å². The van der Waals surface area contributed by atoms with Crippen molar-refractivity contribution < 1.29 is 37.0 Å². The second-order valence-corrected chi connectivity index (χ2v) is 7.41. The molecule has 0 bridgehead atoms. The molecule has 3 rings (SSSR count). The molecule has 172 valence electrons. The second kappa shape index (κ2) is 10.1. The van der Waals surface area contributed by atoms with Crippen LogP contribution in [0.1, 0.15) is 39.6 Å². The van der Waals surface area contributed by atoms with Gasteiger partial charge in [-0.05, 0) is 48.2 Å². The van der Waals surface area contributed by atoms with Crippen molar-refractivity contribution in [2.75, 3.05) is 27.3 Å². The highest BCUT2D eigenvalue weighted by Gasteiger charge is 2.39. The van der Waals surface area contributed by atoms with Crippen LogP contribution in [-0.4, -0.2) is 50.4 Å². The zero-order chi connectivity index (χ0) is 23.3. The molecule has 1 aliphatic rings. The Morgan fingerprint density at radius 2 is 1.81 bits per heavy atom. The zero-order valence-corrected chi connectivity index (χ0v) is 17.7. The number of aryl methyl sites for hydroxylation is 1. The molecule has 0 N–H and O–H groups in total. The van der Waals surface area contributed by atoms with E-state index in [4.69, 9.17) is 9.47 Å². The topological polar surface area (TPSA) is 65.1 Å². The van der Waals surface area contributed by atoms with Gasteiger partial charge >= 0.3 is 18.1 Å². The maximum Gasteiger partial charge on any atom is 0.416 e. The summed E-state index contributed by atoms with van der Waals surface area (Å²) in [5.74, 6) is -1.01. The molecule has 0 aliphatic carbocycles. The molecule has 1 aliphatic heterocycles. The van der Waals surface area contributed by atoms with Crippen molar-refractivity contribution in [2.45, 2.75) is 31.3 Å². The molecule has 0 spiro atoms. The first-order chi connectivity index (χ1) is 15.2. The average Bonchev–Trinajstić information content (AvgIpc) is 3.22. The number of benzene rings is 2. The number of carbonyl (C=O) groups is 2. The van der Waals surface area contributed by atoms with Gasteiger partial charge in [-0.1, -0.05) is 24.3 Å². The van der Waals surface area contributed by atoms with E-state index in [1.54, 1.807) is 23.1 Å². The van der Waals surface area contributed by atoms with Crippen molar-refractivity contribution in [2.24, 2.45) is 0 Å². The number of rotatable bonds is 7. The van der Waals surface area contributed by atoms with E-state index in [0.29, 0.717) is 30.5 Å². The maximum atomic E-state index is 13.1. The van der Waals surface area contributed by atoms with Crippen LogP contribution in [0.3, 0.4) is 0 Å². The van der Waals surface area contributed by atoms with Crippen LogP contribution in [0.4, 0.5) is 13.2 Å². The number of carbonyl (C=O) groups excluding carboxylic acids is 2. The minimum atomic E-state index is -4.46. The van der Waals surface area contributed by atoms with Gasteiger partial charge in [0.2, 0.25) is 6.23 Å². The largest absolute Gasteiger partial charge is 0.466 e. The quantitative estimate of drug-likeness (QED) is 0.593. The van der Waals surface area contributed by atoms with Gasteiger partial charge in [0.15, 0.2) is 0 Å². The first-order valence-corrected chi connectivity index (χ1v) is 10.0. The first-order valence-electron chi connectivity index (χ1n) is 10.0. The van der Waals surface area contributed by atoms with Gasteiger partial charge in [-0.2, -0.15) is 13.2 Å². The van der Waals surface area contributed by atoms with E-state index >= 15 is 0 Å². The number of ether oxygens (including phenoxy) is 3. The summed E-state index contributed by atoms with van der Waals surface area (Å²) in [5.41, 5.74) is 1.05. The van der Waals surface area contributed by atoms with Crippen molar-refractivity contribution in [3.05, 3.63) is 70.8 Å². The van der Waals surface area contributed by atoms with Gasteiger partial charge in [-0.3, -0.25) is 4.90 Å². The average molecular weight is 451 g/mol. The minimum Gasteiger partial charge on any atom is -0.466 e. The van der Waals surface area contributed by atoms with Gasteiger partial charge in [-0.15, -0.1) is 0 Å². The fourth-order valence-electron chi connectivity index (χ4n) is 3.62. The van der Waals surface area contributed by atoms with Crippen LogP contribution in [-0.2, 0) is 31.6 Å². The SMILES string of the molecule is COC(=O)c1ccc(CCCN2CC(c3cccc(C(F)(F)F)c3)OC2C(=O)OC)cc1. The molecule has 2 aromatic carbocycles.